The molecule has 2 atom stereocenters. The fourth-order valence-electron chi connectivity index (χ4n) is 2.74. The van der Waals surface area contributed by atoms with E-state index in [2.05, 4.69) is 0 Å². The van der Waals surface area contributed by atoms with E-state index in [1.807, 2.05) is 6.92 Å². The van der Waals surface area contributed by atoms with Crippen molar-refractivity contribution in [3.63, 3.8) is 0 Å². The topological polar surface area (TPSA) is 57.6 Å². The summed E-state index contributed by atoms with van der Waals surface area (Å²) in [5.41, 5.74) is 1.02. The van der Waals surface area contributed by atoms with Crippen molar-refractivity contribution in [2.45, 2.75) is 20.3 Å². The molecule has 0 saturated carbocycles. The van der Waals surface area contributed by atoms with E-state index in [0.29, 0.717) is 30.6 Å². The normalized spacial score (nSPS) is 22.6. The van der Waals surface area contributed by atoms with Crippen LogP contribution in [0, 0.1) is 24.6 Å². The molecule has 1 amide bonds. The van der Waals surface area contributed by atoms with Gasteiger partial charge in [0.1, 0.15) is 5.82 Å². The summed E-state index contributed by atoms with van der Waals surface area (Å²) in [6.07, 6.45) is 0.441. The number of hydrogen-bond acceptors (Lipinski definition) is 2. The van der Waals surface area contributed by atoms with Gasteiger partial charge in [-0.15, -0.1) is 0 Å². The maximum Gasteiger partial charge on any atom is 0.306 e. The summed E-state index contributed by atoms with van der Waals surface area (Å²) in [5, 5.41) is 9.07. The van der Waals surface area contributed by atoms with Gasteiger partial charge in [0.05, 0.1) is 5.92 Å². The SMILES string of the molecule is Cc1cc(F)cc(C(=O)N2CCC(C(=O)O)C(C)C2)c1. The Morgan fingerprint density at radius 3 is 2.60 bits per heavy atom. The van der Waals surface area contributed by atoms with E-state index in [4.69, 9.17) is 5.11 Å². The first-order valence-corrected chi connectivity index (χ1v) is 6.67. The molecule has 0 bridgehead atoms. The zero-order valence-electron chi connectivity index (χ0n) is 11.6. The van der Waals surface area contributed by atoms with Gasteiger partial charge in [-0.05, 0) is 43.0 Å². The fraction of sp³-hybridized carbons (Fsp3) is 0.467. The number of carboxylic acid groups (broad SMARTS) is 1. The molecule has 1 saturated heterocycles. The zero-order chi connectivity index (χ0) is 14.9. The highest BCUT2D eigenvalue weighted by Crippen LogP contribution is 2.25. The molecule has 1 N–H and O–H groups in total. The van der Waals surface area contributed by atoms with Gasteiger partial charge in [-0.1, -0.05) is 6.92 Å². The highest BCUT2D eigenvalue weighted by molar-refractivity contribution is 5.94. The number of nitrogens with zero attached hydrogens (tertiary/aromatic N) is 1. The molecule has 0 aliphatic carbocycles. The summed E-state index contributed by atoms with van der Waals surface area (Å²) in [4.78, 5) is 25.0. The van der Waals surface area contributed by atoms with Gasteiger partial charge in [0.25, 0.3) is 5.91 Å². The lowest BCUT2D eigenvalue weighted by Crippen LogP contribution is -2.45. The Bertz CT molecular complexity index is 524. The van der Waals surface area contributed by atoms with E-state index in [0.717, 1.165) is 0 Å². The van der Waals surface area contributed by atoms with E-state index < -0.39 is 17.7 Å². The van der Waals surface area contributed by atoms with Crippen LogP contribution in [-0.4, -0.2) is 35.0 Å². The first-order valence-electron chi connectivity index (χ1n) is 6.67. The molecule has 1 aromatic rings. The number of aryl methyl sites for hydroxylation is 1. The molecule has 1 aliphatic rings. The molecule has 0 radical (unpaired) electrons. The molecule has 2 unspecified atom stereocenters. The number of amides is 1. The van der Waals surface area contributed by atoms with E-state index in [1.54, 1.807) is 17.9 Å². The summed E-state index contributed by atoms with van der Waals surface area (Å²) in [6.45, 7) is 4.36. The Morgan fingerprint density at radius 2 is 2.05 bits per heavy atom. The number of benzene rings is 1. The molecule has 1 aromatic carbocycles. The molecule has 0 aromatic heterocycles. The van der Waals surface area contributed by atoms with Gasteiger partial charge in [-0.3, -0.25) is 9.59 Å². The minimum absolute atomic E-state index is 0.0974. The predicted octanol–water partition coefficient (Wildman–Crippen LogP) is 2.32. The Balaban J connectivity index is 2.13. The Morgan fingerprint density at radius 1 is 1.35 bits per heavy atom. The number of halogens is 1. The van der Waals surface area contributed by atoms with Crippen LogP contribution in [-0.2, 0) is 4.79 Å². The van der Waals surface area contributed by atoms with Gasteiger partial charge in [0.2, 0.25) is 0 Å². The number of rotatable bonds is 2. The molecule has 2 rings (SSSR count). The first kappa shape index (κ1) is 14.5. The molecule has 108 valence electrons. The third-order valence-corrected chi connectivity index (χ3v) is 3.80. The second-order valence-corrected chi connectivity index (χ2v) is 5.48. The van der Waals surface area contributed by atoms with Crippen molar-refractivity contribution in [2.75, 3.05) is 13.1 Å². The van der Waals surface area contributed by atoms with Crippen LogP contribution in [0.2, 0.25) is 0 Å². The Labute approximate surface area is 117 Å². The van der Waals surface area contributed by atoms with Crippen molar-refractivity contribution in [1.29, 1.82) is 0 Å². The maximum atomic E-state index is 13.4. The number of hydrogen-bond donors (Lipinski definition) is 1. The number of carbonyl (C=O) groups excluding carboxylic acids is 1. The number of carbonyl (C=O) groups is 2. The summed E-state index contributed by atoms with van der Waals surface area (Å²) in [5.74, 6) is -1.98. The molecular weight excluding hydrogens is 261 g/mol. The van der Waals surface area contributed by atoms with Crippen LogP contribution >= 0.6 is 0 Å². The molecule has 1 aliphatic heterocycles. The fourth-order valence-corrected chi connectivity index (χ4v) is 2.74. The lowest BCUT2D eigenvalue weighted by molar-refractivity contribution is -0.145. The second-order valence-electron chi connectivity index (χ2n) is 5.48. The molecule has 5 heteroatoms. The third-order valence-electron chi connectivity index (χ3n) is 3.80. The quantitative estimate of drug-likeness (QED) is 0.903. The number of piperidine rings is 1. The van der Waals surface area contributed by atoms with Gasteiger partial charge in [0, 0.05) is 18.7 Å². The Kier molecular flexibility index (Phi) is 4.06. The largest absolute Gasteiger partial charge is 0.481 e. The van der Waals surface area contributed by atoms with Gasteiger partial charge in [0.15, 0.2) is 0 Å². The number of aliphatic carboxylic acids is 1. The Hall–Kier alpha value is -1.91. The molecule has 0 spiro atoms. The monoisotopic (exact) mass is 279 g/mol. The van der Waals surface area contributed by atoms with E-state index in [9.17, 15) is 14.0 Å². The van der Waals surface area contributed by atoms with Gasteiger partial charge in [-0.2, -0.15) is 0 Å². The molecule has 4 nitrogen and oxygen atoms in total. The smallest absolute Gasteiger partial charge is 0.306 e. The standard InChI is InChI=1S/C15H18FNO3/c1-9-5-11(7-12(16)6-9)14(18)17-4-3-13(15(19)20)10(2)8-17/h5-7,10,13H,3-4,8H2,1-2H3,(H,19,20). The van der Waals surface area contributed by atoms with Gasteiger partial charge >= 0.3 is 5.97 Å². The van der Waals surface area contributed by atoms with Crippen LogP contribution in [0.1, 0.15) is 29.3 Å². The lowest BCUT2D eigenvalue weighted by Gasteiger charge is -2.35. The molecule has 20 heavy (non-hydrogen) atoms. The summed E-state index contributed by atoms with van der Waals surface area (Å²) < 4.78 is 13.4. The highest BCUT2D eigenvalue weighted by atomic mass is 19.1. The van der Waals surface area contributed by atoms with Crippen LogP contribution < -0.4 is 0 Å². The first-order chi connectivity index (χ1) is 9.38. The van der Waals surface area contributed by atoms with Crippen LogP contribution in [0.3, 0.4) is 0 Å². The average molecular weight is 279 g/mol. The summed E-state index contributed by atoms with van der Waals surface area (Å²) >= 11 is 0. The van der Waals surface area contributed by atoms with E-state index in [1.165, 1.54) is 12.1 Å². The van der Waals surface area contributed by atoms with Crippen LogP contribution in [0.4, 0.5) is 4.39 Å². The zero-order valence-corrected chi connectivity index (χ0v) is 11.6. The van der Waals surface area contributed by atoms with E-state index >= 15 is 0 Å². The van der Waals surface area contributed by atoms with Crippen molar-refractivity contribution in [2.24, 2.45) is 11.8 Å². The van der Waals surface area contributed by atoms with Gasteiger partial charge < -0.3 is 10.0 Å². The lowest BCUT2D eigenvalue weighted by atomic mass is 9.87. The minimum Gasteiger partial charge on any atom is -0.481 e. The highest BCUT2D eigenvalue weighted by Gasteiger charge is 2.33. The minimum atomic E-state index is -0.814. The van der Waals surface area contributed by atoms with Crippen molar-refractivity contribution < 1.29 is 19.1 Å². The van der Waals surface area contributed by atoms with Crippen molar-refractivity contribution in [1.82, 2.24) is 4.90 Å². The van der Waals surface area contributed by atoms with Crippen molar-refractivity contribution >= 4 is 11.9 Å². The van der Waals surface area contributed by atoms with E-state index in [-0.39, 0.29) is 11.8 Å². The molecular formula is C15H18FNO3. The maximum absolute atomic E-state index is 13.4. The van der Waals surface area contributed by atoms with Crippen molar-refractivity contribution in [3.05, 3.63) is 35.1 Å². The average Bonchev–Trinajstić information content (AvgIpc) is 2.36. The summed E-state index contributed by atoms with van der Waals surface area (Å²) in [7, 11) is 0. The van der Waals surface area contributed by atoms with Gasteiger partial charge in [-0.25, -0.2) is 4.39 Å². The number of carboxylic acids is 1. The second kappa shape index (κ2) is 5.61. The predicted molar refractivity (Wildman–Crippen MR) is 71.9 cm³/mol. The number of likely N-dealkylation sites (tertiary alicyclic amines) is 1. The van der Waals surface area contributed by atoms with Crippen molar-refractivity contribution in [3.8, 4) is 0 Å². The molecule has 1 fully saturated rings. The summed E-state index contributed by atoms with van der Waals surface area (Å²) in [6, 6.07) is 4.25. The van der Waals surface area contributed by atoms with Crippen LogP contribution in [0.25, 0.3) is 0 Å². The van der Waals surface area contributed by atoms with Crippen LogP contribution in [0.15, 0.2) is 18.2 Å². The van der Waals surface area contributed by atoms with Crippen LogP contribution in [0.5, 0.6) is 0 Å². The third kappa shape index (κ3) is 2.98. The molecule has 1 heterocycles.